The lowest BCUT2D eigenvalue weighted by Gasteiger charge is -2.22. The number of anilines is 2. The molecule has 0 spiro atoms. The van der Waals surface area contributed by atoms with Crippen molar-refractivity contribution < 1.29 is 13.2 Å². The molecule has 31 heavy (non-hydrogen) atoms. The van der Waals surface area contributed by atoms with E-state index in [1.165, 1.54) is 11.4 Å². The third kappa shape index (κ3) is 5.24. The molecular formula is C24H27N3O3S. The average Bonchev–Trinajstić information content (AvgIpc) is 2.80. The molecule has 0 heterocycles. The number of sulfonamides is 1. The number of nitrogens with zero attached hydrogens (tertiary/aromatic N) is 2. The second kappa shape index (κ2) is 9.66. The number of hydrogen-bond donors (Lipinski definition) is 1. The van der Waals surface area contributed by atoms with Gasteiger partial charge in [0.05, 0.1) is 10.6 Å². The van der Waals surface area contributed by atoms with E-state index < -0.39 is 10.0 Å². The third-order valence-corrected chi connectivity index (χ3v) is 6.93. The van der Waals surface area contributed by atoms with Gasteiger partial charge in [-0.25, -0.2) is 8.42 Å². The fourth-order valence-electron chi connectivity index (χ4n) is 3.22. The second-order valence-corrected chi connectivity index (χ2v) is 9.27. The van der Waals surface area contributed by atoms with E-state index in [1.807, 2.05) is 44.3 Å². The highest BCUT2D eigenvalue weighted by Gasteiger charge is 2.23. The van der Waals surface area contributed by atoms with Gasteiger partial charge >= 0.3 is 0 Å². The van der Waals surface area contributed by atoms with Crippen molar-refractivity contribution in [2.75, 3.05) is 36.4 Å². The molecule has 0 aliphatic rings. The van der Waals surface area contributed by atoms with Gasteiger partial charge in [0.25, 0.3) is 15.9 Å². The monoisotopic (exact) mass is 437 g/mol. The Labute approximate surface area is 184 Å². The topological polar surface area (TPSA) is 69.7 Å². The van der Waals surface area contributed by atoms with Crippen molar-refractivity contribution in [3.8, 4) is 0 Å². The molecule has 0 saturated heterocycles. The van der Waals surface area contributed by atoms with Crippen LogP contribution in [0.5, 0.6) is 0 Å². The van der Waals surface area contributed by atoms with Gasteiger partial charge < -0.3 is 10.2 Å². The molecule has 0 aliphatic carbocycles. The van der Waals surface area contributed by atoms with Gasteiger partial charge in [0.15, 0.2) is 0 Å². The van der Waals surface area contributed by atoms with E-state index in [0.717, 1.165) is 11.3 Å². The van der Waals surface area contributed by atoms with Crippen molar-refractivity contribution in [1.82, 2.24) is 5.32 Å². The maximum Gasteiger partial charge on any atom is 0.264 e. The Balaban J connectivity index is 1.71. The Bertz CT molecular complexity index is 1130. The van der Waals surface area contributed by atoms with Crippen molar-refractivity contribution in [3.05, 3.63) is 90.0 Å². The first kappa shape index (κ1) is 22.4. The second-order valence-electron chi connectivity index (χ2n) is 7.30. The van der Waals surface area contributed by atoms with Crippen LogP contribution in [0.4, 0.5) is 11.4 Å². The number of likely N-dealkylation sites (N-methyl/N-ethyl adjacent to an activating group) is 1. The largest absolute Gasteiger partial charge is 0.373 e. The molecular weight excluding hydrogens is 410 g/mol. The Kier molecular flexibility index (Phi) is 6.97. The molecule has 0 radical (unpaired) electrons. The van der Waals surface area contributed by atoms with Crippen LogP contribution in [-0.4, -0.2) is 41.5 Å². The minimum atomic E-state index is -3.72. The summed E-state index contributed by atoms with van der Waals surface area (Å²) in [5.74, 6) is -0.242. The molecule has 1 N–H and O–H groups in total. The standard InChI is InChI=1S/C24H27N3O3S/c1-19-14-15-20(24(28)25-16-17-26(2)21-10-6-4-7-11-21)18-23(19)27(3)31(29,30)22-12-8-5-9-13-22/h4-15,18H,16-17H2,1-3H3,(H,25,28). The number of carbonyl (C=O) groups excluding carboxylic acids is 1. The molecule has 0 saturated carbocycles. The van der Waals surface area contributed by atoms with Gasteiger partial charge in [0.1, 0.15) is 0 Å². The molecule has 162 valence electrons. The molecule has 0 fully saturated rings. The number of hydrogen-bond acceptors (Lipinski definition) is 4. The molecule has 3 aromatic carbocycles. The van der Waals surface area contributed by atoms with Crippen LogP contribution in [0.15, 0.2) is 83.8 Å². The number of rotatable bonds is 8. The molecule has 0 aliphatic heterocycles. The summed E-state index contributed by atoms with van der Waals surface area (Å²) in [6, 6.07) is 23.3. The third-order valence-electron chi connectivity index (χ3n) is 5.14. The van der Waals surface area contributed by atoms with Crippen molar-refractivity contribution >= 4 is 27.3 Å². The maximum atomic E-state index is 13.0. The van der Waals surface area contributed by atoms with E-state index in [-0.39, 0.29) is 10.8 Å². The lowest BCUT2D eigenvalue weighted by molar-refractivity contribution is 0.0954. The first-order chi connectivity index (χ1) is 14.8. The Morgan fingerprint density at radius 1 is 0.903 bits per heavy atom. The highest BCUT2D eigenvalue weighted by Crippen LogP contribution is 2.26. The lowest BCUT2D eigenvalue weighted by Crippen LogP contribution is -2.33. The molecule has 1 amide bonds. The SMILES string of the molecule is Cc1ccc(C(=O)NCCN(C)c2ccccc2)cc1N(C)S(=O)(=O)c1ccccc1. The van der Waals surface area contributed by atoms with Crippen LogP contribution >= 0.6 is 0 Å². The normalized spacial score (nSPS) is 11.1. The predicted molar refractivity (Wildman–Crippen MR) is 125 cm³/mol. The molecule has 3 rings (SSSR count). The summed E-state index contributed by atoms with van der Waals surface area (Å²) in [5, 5.41) is 2.91. The zero-order valence-electron chi connectivity index (χ0n) is 17.9. The molecule has 0 atom stereocenters. The zero-order chi connectivity index (χ0) is 22.4. The number of nitrogens with one attached hydrogen (secondary N) is 1. The zero-order valence-corrected chi connectivity index (χ0v) is 18.8. The summed E-state index contributed by atoms with van der Waals surface area (Å²) in [6.07, 6.45) is 0. The van der Waals surface area contributed by atoms with Gasteiger partial charge in [-0.2, -0.15) is 0 Å². The summed E-state index contributed by atoms with van der Waals surface area (Å²) >= 11 is 0. The van der Waals surface area contributed by atoms with Gasteiger partial charge in [-0.15, -0.1) is 0 Å². The van der Waals surface area contributed by atoms with Crippen LogP contribution < -0.4 is 14.5 Å². The van der Waals surface area contributed by atoms with Gasteiger partial charge in [0, 0.05) is 38.4 Å². The van der Waals surface area contributed by atoms with E-state index in [2.05, 4.69) is 10.2 Å². The molecule has 0 bridgehead atoms. The number of benzene rings is 3. The minimum Gasteiger partial charge on any atom is -0.373 e. The van der Waals surface area contributed by atoms with E-state index in [1.54, 1.807) is 48.5 Å². The van der Waals surface area contributed by atoms with Crippen LogP contribution in [-0.2, 0) is 10.0 Å². The molecule has 7 heteroatoms. The van der Waals surface area contributed by atoms with Crippen LogP contribution in [0, 0.1) is 6.92 Å². The highest BCUT2D eigenvalue weighted by atomic mass is 32.2. The maximum absolute atomic E-state index is 13.0. The van der Waals surface area contributed by atoms with Crippen LogP contribution in [0.25, 0.3) is 0 Å². The van der Waals surface area contributed by atoms with Crippen molar-refractivity contribution in [3.63, 3.8) is 0 Å². The quantitative estimate of drug-likeness (QED) is 0.584. The first-order valence-electron chi connectivity index (χ1n) is 9.99. The van der Waals surface area contributed by atoms with Gasteiger partial charge in [-0.05, 0) is 48.9 Å². The summed E-state index contributed by atoms with van der Waals surface area (Å²) in [5.41, 5.74) is 2.72. The van der Waals surface area contributed by atoms with Crippen LogP contribution in [0.2, 0.25) is 0 Å². The average molecular weight is 438 g/mol. The summed E-state index contributed by atoms with van der Waals surface area (Å²) in [4.78, 5) is 14.9. The van der Waals surface area contributed by atoms with E-state index in [4.69, 9.17) is 0 Å². The summed E-state index contributed by atoms with van der Waals surface area (Å²) < 4.78 is 27.2. The summed E-state index contributed by atoms with van der Waals surface area (Å²) in [7, 11) is -0.253. The smallest absolute Gasteiger partial charge is 0.264 e. The minimum absolute atomic E-state index is 0.204. The van der Waals surface area contributed by atoms with Crippen LogP contribution in [0.3, 0.4) is 0 Å². The molecule has 6 nitrogen and oxygen atoms in total. The molecule has 3 aromatic rings. The van der Waals surface area contributed by atoms with Crippen molar-refractivity contribution in [2.45, 2.75) is 11.8 Å². The molecule has 0 unspecified atom stereocenters. The fraction of sp³-hybridized carbons (Fsp3) is 0.208. The van der Waals surface area contributed by atoms with E-state index in [9.17, 15) is 13.2 Å². The van der Waals surface area contributed by atoms with E-state index in [0.29, 0.717) is 24.3 Å². The summed E-state index contributed by atoms with van der Waals surface area (Å²) in [6.45, 7) is 2.94. The lowest BCUT2D eigenvalue weighted by atomic mass is 10.1. The van der Waals surface area contributed by atoms with Gasteiger partial charge in [-0.3, -0.25) is 9.10 Å². The number of carbonyl (C=O) groups is 1. The highest BCUT2D eigenvalue weighted by molar-refractivity contribution is 7.92. The van der Waals surface area contributed by atoms with Gasteiger partial charge in [0.2, 0.25) is 0 Å². The van der Waals surface area contributed by atoms with Crippen molar-refractivity contribution in [1.29, 1.82) is 0 Å². The van der Waals surface area contributed by atoms with Gasteiger partial charge in [-0.1, -0.05) is 42.5 Å². The first-order valence-corrected chi connectivity index (χ1v) is 11.4. The predicted octanol–water partition coefficient (Wildman–Crippen LogP) is 3.69. The van der Waals surface area contributed by atoms with Crippen LogP contribution in [0.1, 0.15) is 15.9 Å². The van der Waals surface area contributed by atoms with E-state index >= 15 is 0 Å². The van der Waals surface area contributed by atoms with Crippen molar-refractivity contribution in [2.24, 2.45) is 0 Å². The Morgan fingerprint density at radius 3 is 2.16 bits per heavy atom. The molecule has 0 aromatic heterocycles. The number of aryl methyl sites for hydroxylation is 1. The number of amides is 1. The Hall–Kier alpha value is -3.32. The Morgan fingerprint density at radius 2 is 1.52 bits per heavy atom. The fourth-order valence-corrected chi connectivity index (χ4v) is 4.49. The number of para-hydroxylation sites is 1.